The van der Waals surface area contributed by atoms with Crippen molar-refractivity contribution in [2.45, 2.75) is 18.7 Å². The lowest BCUT2D eigenvalue weighted by Crippen LogP contribution is -2.40. The number of para-hydroxylation sites is 1. The highest BCUT2D eigenvalue weighted by molar-refractivity contribution is 7.88. The molecule has 0 spiro atoms. The minimum atomic E-state index is -3.55. The van der Waals surface area contributed by atoms with Gasteiger partial charge in [-0.25, -0.2) is 13.4 Å². The van der Waals surface area contributed by atoms with Gasteiger partial charge in [0.2, 0.25) is 10.0 Å². The average molecular weight is 370 g/mol. The summed E-state index contributed by atoms with van der Waals surface area (Å²) in [5, 5.41) is 0.911. The van der Waals surface area contributed by atoms with E-state index in [4.69, 9.17) is 0 Å². The molecule has 26 heavy (non-hydrogen) atoms. The maximum atomic E-state index is 12.9. The molecule has 0 unspecified atom stereocenters. The van der Waals surface area contributed by atoms with Gasteiger partial charge in [-0.1, -0.05) is 24.3 Å². The number of benzene rings is 1. The molecule has 0 amide bonds. The van der Waals surface area contributed by atoms with Gasteiger partial charge in [-0.3, -0.25) is 9.78 Å². The van der Waals surface area contributed by atoms with Crippen molar-refractivity contribution in [3.63, 3.8) is 0 Å². The predicted octanol–water partition coefficient (Wildman–Crippen LogP) is 1.22. The SMILES string of the molecule is Cn1cnc2c(c1=O)CCN(S(=O)(=O)Cc1cccc3cccnc13)C2. The molecule has 3 aromatic rings. The highest BCUT2D eigenvalue weighted by Crippen LogP contribution is 2.23. The van der Waals surface area contributed by atoms with Gasteiger partial charge in [-0.2, -0.15) is 4.31 Å². The van der Waals surface area contributed by atoms with Crippen molar-refractivity contribution in [1.82, 2.24) is 18.8 Å². The zero-order valence-electron chi connectivity index (χ0n) is 14.3. The molecular weight excluding hydrogens is 352 g/mol. The molecule has 3 heterocycles. The van der Waals surface area contributed by atoms with Crippen LogP contribution in [0, 0.1) is 0 Å². The molecule has 0 aliphatic carbocycles. The van der Waals surface area contributed by atoms with Crippen molar-refractivity contribution in [2.24, 2.45) is 7.05 Å². The van der Waals surface area contributed by atoms with Crippen LogP contribution in [0.1, 0.15) is 16.8 Å². The molecule has 0 saturated carbocycles. The van der Waals surface area contributed by atoms with Crippen LogP contribution in [0.3, 0.4) is 0 Å². The molecule has 0 N–H and O–H groups in total. The first kappa shape index (κ1) is 16.9. The molecule has 7 nitrogen and oxygen atoms in total. The Hall–Kier alpha value is -2.58. The first-order valence-electron chi connectivity index (χ1n) is 8.29. The van der Waals surface area contributed by atoms with Gasteiger partial charge in [-0.05, 0) is 18.1 Å². The Morgan fingerprint density at radius 3 is 2.81 bits per heavy atom. The van der Waals surface area contributed by atoms with Gasteiger partial charge in [0.05, 0.1) is 29.8 Å². The van der Waals surface area contributed by atoms with E-state index in [-0.39, 0.29) is 24.4 Å². The van der Waals surface area contributed by atoms with E-state index < -0.39 is 10.0 Å². The van der Waals surface area contributed by atoms with Gasteiger partial charge >= 0.3 is 0 Å². The largest absolute Gasteiger partial charge is 0.302 e. The summed E-state index contributed by atoms with van der Waals surface area (Å²) in [5.74, 6) is -0.123. The summed E-state index contributed by atoms with van der Waals surface area (Å²) in [6.07, 6.45) is 3.48. The van der Waals surface area contributed by atoms with Gasteiger partial charge in [0.1, 0.15) is 0 Å². The maximum absolute atomic E-state index is 12.9. The van der Waals surface area contributed by atoms with Crippen molar-refractivity contribution >= 4 is 20.9 Å². The molecule has 1 aromatic carbocycles. The zero-order valence-corrected chi connectivity index (χ0v) is 15.1. The van der Waals surface area contributed by atoms with E-state index in [0.29, 0.717) is 28.8 Å². The van der Waals surface area contributed by atoms with Crippen LogP contribution in [0.15, 0.2) is 47.7 Å². The molecule has 0 bridgehead atoms. The van der Waals surface area contributed by atoms with Crippen molar-refractivity contribution in [3.05, 3.63) is 70.0 Å². The van der Waals surface area contributed by atoms with E-state index in [1.54, 1.807) is 19.3 Å². The number of sulfonamides is 1. The first-order valence-corrected chi connectivity index (χ1v) is 9.90. The fraction of sp³-hybridized carbons (Fsp3) is 0.278. The third-order valence-corrected chi connectivity index (χ3v) is 6.47. The van der Waals surface area contributed by atoms with Crippen molar-refractivity contribution in [2.75, 3.05) is 6.54 Å². The molecule has 0 radical (unpaired) electrons. The van der Waals surface area contributed by atoms with E-state index in [1.165, 1.54) is 15.2 Å². The summed E-state index contributed by atoms with van der Waals surface area (Å²) in [6.45, 7) is 0.417. The Labute approximate surface area is 151 Å². The Morgan fingerprint density at radius 1 is 1.15 bits per heavy atom. The lowest BCUT2D eigenvalue weighted by molar-refractivity contribution is 0.381. The maximum Gasteiger partial charge on any atom is 0.256 e. The third kappa shape index (κ3) is 2.91. The molecule has 0 saturated heterocycles. The average Bonchev–Trinajstić information content (AvgIpc) is 2.64. The molecule has 134 valence electrons. The zero-order chi connectivity index (χ0) is 18.3. The number of nitrogens with zero attached hydrogens (tertiary/aromatic N) is 4. The minimum Gasteiger partial charge on any atom is -0.302 e. The summed E-state index contributed by atoms with van der Waals surface area (Å²) < 4.78 is 28.7. The van der Waals surface area contributed by atoms with Crippen LogP contribution in [-0.2, 0) is 35.8 Å². The Bertz CT molecular complexity index is 1150. The number of aromatic nitrogens is 3. The molecule has 0 fully saturated rings. The van der Waals surface area contributed by atoms with Gasteiger partial charge in [-0.15, -0.1) is 0 Å². The van der Waals surface area contributed by atoms with Crippen LogP contribution < -0.4 is 5.56 Å². The van der Waals surface area contributed by atoms with Crippen LogP contribution >= 0.6 is 0 Å². The Morgan fingerprint density at radius 2 is 1.96 bits per heavy atom. The smallest absolute Gasteiger partial charge is 0.256 e. The Balaban J connectivity index is 1.65. The topological polar surface area (TPSA) is 85.2 Å². The summed E-state index contributed by atoms with van der Waals surface area (Å²) in [6, 6.07) is 9.28. The second-order valence-electron chi connectivity index (χ2n) is 6.42. The van der Waals surface area contributed by atoms with Crippen molar-refractivity contribution in [3.8, 4) is 0 Å². The minimum absolute atomic E-state index is 0.106. The van der Waals surface area contributed by atoms with Crippen molar-refractivity contribution in [1.29, 1.82) is 0 Å². The lowest BCUT2D eigenvalue weighted by Gasteiger charge is -2.27. The van der Waals surface area contributed by atoms with Gasteiger partial charge in [0, 0.05) is 30.7 Å². The number of aryl methyl sites for hydroxylation is 1. The molecule has 4 rings (SSSR count). The summed E-state index contributed by atoms with van der Waals surface area (Å²) in [4.78, 5) is 20.7. The molecule has 1 aliphatic heterocycles. The highest BCUT2D eigenvalue weighted by Gasteiger charge is 2.29. The lowest BCUT2D eigenvalue weighted by atomic mass is 10.1. The molecular formula is C18H18N4O3S. The van der Waals surface area contributed by atoms with Gasteiger partial charge < -0.3 is 4.57 Å². The van der Waals surface area contributed by atoms with E-state index in [9.17, 15) is 13.2 Å². The van der Waals surface area contributed by atoms with Crippen LogP contribution in [0.25, 0.3) is 10.9 Å². The molecule has 0 atom stereocenters. The fourth-order valence-corrected chi connectivity index (χ4v) is 4.80. The standard InChI is InChI=1S/C18H18N4O3S/c1-21-12-20-16-10-22(9-7-15(16)18(21)23)26(24,25)11-14-5-2-4-13-6-3-8-19-17(13)14/h2-6,8,12H,7,9-11H2,1H3. The first-order chi connectivity index (χ1) is 12.5. The summed E-state index contributed by atoms with van der Waals surface area (Å²) in [7, 11) is -1.90. The number of hydrogen-bond donors (Lipinski definition) is 0. The number of fused-ring (bicyclic) bond motifs is 2. The summed E-state index contributed by atoms with van der Waals surface area (Å²) >= 11 is 0. The van der Waals surface area contributed by atoms with Crippen LogP contribution in [0.5, 0.6) is 0 Å². The fourth-order valence-electron chi connectivity index (χ4n) is 3.30. The predicted molar refractivity (Wildman–Crippen MR) is 98.0 cm³/mol. The molecule has 2 aromatic heterocycles. The number of rotatable bonds is 3. The normalized spacial score (nSPS) is 15.1. The van der Waals surface area contributed by atoms with E-state index in [1.807, 2.05) is 24.3 Å². The second-order valence-corrected chi connectivity index (χ2v) is 8.39. The van der Waals surface area contributed by atoms with E-state index >= 15 is 0 Å². The van der Waals surface area contributed by atoms with Crippen LogP contribution in [-0.4, -0.2) is 33.8 Å². The van der Waals surface area contributed by atoms with Crippen molar-refractivity contribution < 1.29 is 8.42 Å². The second kappa shape index (κ2) is 6.30. The number of hydrogen-bond acceptors (Lipinski definition) is 5. The van der Waals surface area contributed by atoms with E-state index in [2.05, 4.69) is 9.97 Å². The van der Waals surface area contributed by atoms with Crippen LogP contribution in [0.4, 0.5) is 0 Å². The molecule has 1 aliphatic rings. The summed E-state index contributed by atoms with van der Waals surface area (Å²) in [5.41, 5.74) is 2.41. The van der Waals surface area contributed by atoms with Gasteiger partial charge in [0.25, 0.3) is 5.56 Å². The quantitative estimate of drug-likeness (QED) is 0.692. The monoisotopic (exact) mass is 370 g/mol. The molecule has 8 heteroatoms. The van der Waals surface area contributed by atoms with Crippen LogP contribution in [0.2, 0.25) is 0 Å². The van der Waals surface area contributed by atoms with E-state index in [0.717, 1.165) is 5.39 Å². The van der Waals surface area contributed by atoms with Gasteiger partial charge in [0.15, 0.2) is 0 Å². The Kier molecular flexibility index (Phi) is 4.08. The third-order valence-electron chi connectivity index (χ3n) is 4.70. The number of pyridine rings is 1. The highest BCUT2D eigenvalue weighted by atomic mass is 32.2.